The minimum Gasteiger partial charge on any atom is -0.504 e. The summed E-state index contributed by atoms with van der Waals surface area (Å²) in [5.41, 5.74) is 2.43. The number of aromatic hydroxyl groups is 1. The van der Waals surface area contributed by atoms with Gasteiger partial charge < -0.3 is 15.2 Å². The second kappa shape index (κ2) is 11.3. The number of benzene rings is 3. The fourth-order valence-electron chi connectivity index (χ4n) is 5.09. The van der Waals surface area contributed by atoms with E-state index in [0.29, 0.717) is 16.8 Å². The van der Waals surface area contributed by atoms with E-state index in [0.717, 1.165) is 37.6 Å². The van der Waals surface area contributed by atoms with Crippen LogP contribution in [0, 0.1) is 0 Å². The molecule has 1 aromatic heterocycles. The molecule has 0 saturated heterocycles. The molecule has 1 aliphatic carbocycles. The Morgan fingerprint density at radius 3 is 2.53 bits per heavy atom. The van der Waals surface area contributed by atoms with Crippen LogP contribution in [-0.2, 0) is 16.1 Å². The number of rotatable bonds is 8. The van der Waals surface area contributed by atoms with Crippen LogP contribution in [0.2, 0.25) is 0 Å². The standard InChI is InChI=1S/C29H31N5O4/c1-38-26-17-16-20(18-25(26)35)28(29(37)30-21-10-4-2-5-11-21)34(22-12-6-3-7-13-22)27(36)19-33-24-15-9-8-14-23(24)31-32-33/h3,6-9,12-18,21,28,35H,2,4-5,10-11,19H2,1H3,(H,30,37). The Bertz CT molecular complexity index is 1420. The smallest absolute Gasteiger partial charge is 0.249 e. The van der Waals surface area contributed by atoms with Crippen LogP contribution in [0.25, 0.3) is 11.0 Å². The first-order valence-corrected chi connectivity index (χ1v) is 12.9. The van der Waals surface area contributed by atoms with E-state index >= 15 is 0 Å². The number of methoxy groups -OCH3 is 1. The Balaban J connectivity index is 1.56. The van der Waals surface area contributed by atoms with Gasteiger partial charge in [-0.15, -0.1) is 5.10 Å². The lowest BCUT2D eigenvalue weighted by atomic mass is 9.94. The molecule has 9 nitrogen and oxygen atoms in total. The molecule has 1 saturated carbocycles. The van der Waals surface area contributed by atoms with Gasteiger partial charge in [0.1, 0.15) is 18.1 Å². The van der Waals surface area contributed by atoms with Crippen LogP contribution < -0.4 is 15.0 Å². The monoisotopic (exact) mass is 513 g/mol. The van der Waals surface area contributed by atoms with Crippen molar-refractivity contribution in [1.82, 2.24) is 20.3 Å². The number of nitrogens with one attached hydrogen (secondary N) is 1. The predicted octanol–water partition coefficient (Wildman–Crippen LogP) is 4.37. The molecule has 38 heavy (non-hydrogen) atoms. The third-order valence-electron chi connectivity index (χ3n) is 6.99. The van der Waals surface area contributed by atoms with E-state index < -0.39 is 6.04 Å². The maximum absolute atomic E-state index is 14.0. The molecule has 2 N–H and O–H groups in total. The van der Waals surface area contributed by atoms with Crippen molar-refractivity contribution in [3.8, 4) is 11.5 Å². The first-order valence-electron chi connectivity index (χ1n) is 12.9. The highest BCUT2D eigenvalue weighted by Gasteiger charge is 2.35. The lowest BCUT2D eigenvalue weighted by Gasteiger charge is -2.33. The van der Waals surface area contributed by atoms with E-state index in [4.69, 9.17) is 4.74 Å². The van der Waals surface area contributed by atoms with Gasteiger partial charge in [-0.2, -0.15) is 0 Å². The summed E-state index contributed by atoms with van der Waals surface area (Å²) in [4.78, 5) is 29.5. The van der Waals surface area contributed by atoms with Gasteiger partial charge in [0.2, 0.25) is 11.8 Å². The normalized spacial score (nSPS) is 14.7. The van der Waals surface area contributed by atoms with Crippen LogP contribution in [0.3, 0.4) is 0 Å². The molecule has 1 aliphatic rings. The number of aromatic nitrogens is 3. The van der Waals surface area contributed by atoms with Gasteiger partial charge in [-0.3, -0.25) is 14.5 Å². The van der Waals surface area contributed by atoms with Crippen LogP contribution in [0.4, 0.5) is 5.69 Å². The molecule has 196 valence electrons. The van der Waals surface area contributed by atoms with Crippen molar-refractivity contribution in [1.29, 1.82) is 0 Å². The lowest BCUT2D eigenvalue weighted by molar-refractivity contribution is -0.127. The summed E-state index contributed by atoms with van der Waals surface area (Å²) in [6.45, 7) is -0.120. The third-order valence-corrected chi connectivity index (χ3v) is 6.99. The summed E-state index contributed by atoms with van der Waals surface area (Å²) in [6, 6.07) is 20.3. The second-order valence-corrected chi connectivity index (χ2v) is 9.51. The van der Waals surface area contributed by atoms with Crippen molar-refractivity contribution in [2.24, 2.45) is 0 Å². The average molecular weight is 514 g/mol. The minimum absolute atomic E-state index is 0.0394. The maximum atomic E-state index is 14.0. The first-order chi connectivity index (χ1) is 18.5. The number of nitrogens with zero attached hydrogens (tertiary/aromatic N) is 4. The van der Waals surface area contributed by atoms with Crippen LogP contribution >= 0.6 is 0 Å². The molecule has 0 radical (unpaired) electrons. The molecular formula is C29H31N5O4. The fraction of sp³-hybridized carbons (Fsp3) is 0.310. The minimum atomic E-state index is -1.03. The molecule has 4 aromatic rings. The van der Waals surface area contributed by atoms with Crippen molar-refractivity contribution in [3.63, 3.8) is 0 Å². The molecule has 2 amide bonds. The topological polar surface area (TPSA) is 110 Å². The number of hydrogen-bond donors (Lipinski definition) is 2. The molecule has 1 unspecified atom stereocenters. The third kappa shape index (κ3) is 5.32. The zero-order valence-electron chi connectivity index (χ0n) is 21.3. The Kier molecular flexibility index (Phi) is 7.53. The molecule has 5 rings (SSSR count). The lowest BCUT2D eigenvalue weighted by Crippen LogP contribution is -2.48. The highest BCUT2D eigenvalue weighted by Crippen LogP contribution is 2.34. The molecule has 0 aliphatic heterocycles. The highest BCUT2D eigenvalue weighted by atomic mass is 16.5. The van der Waals surface area contributed by atoms with Gasteiger partial charge in [0, 0.05) is 11.7 Å². The Morgan fingerprint density at radius 1 is 1.05 bits per heavy atom. The Labute approximate surface area is 221 Å². The van der Waals surface area contributed by atoms with Crippen molar-refractivity contribution in [3.05, 3.63) is 78.4 Å². The maximum Gasteiger partial charge on any atom is 0.249 e. The van der Waals surface area contributed by atoms with E-state index in [1.54, 1.807) is 24.3 Å². The number of anilines is 1. The van der Waals surface area contributed by atoms with Crippen molar-refractivity contribution < 1.29 is 19.4 Å². The van der Waals surface area contributed by atoms with Crippen molar-refractivity contribution >= 4 is 28.5 Å². The summed E-state index contributed by atoms with van der Waals surface area (Å²) in [5, 5.41) is 22.1. The highest BCUT2D eigenvalue weighted by molar-refractivity contribution is 6.01. The van der Waals surface area contributed by atoms with Crippen molar-refractivity contribution in [2.45, 2.75) is 50.7 Å². The van der Waals surface area contributed by atoms with E-state index in [1.165, 1.54) is 22.8 Å². The number of carbonyl (C=O) groups is 2. The van der Waals surface area contributed by atoms with Crippen LogP contribution in [0.15, 0.2) is 72.8 Å². The number of fused-ring (bicyclic) bond motifs is 1. The van der Waals surface area contributed by atoms with Gasteiger partial charge in [0.15, 0.2) is 11.5 Å². The van der Waals surface area contributed by atoms with E-state index in [2.05, 4.69) is 15.6 Å². The molecule has 3 aromatic carbocycles. The largest absolute Gasteiger partial charge is 0.504 e. The van der Waals surface area contributed by atoms with Gasteiger partial charge in [0.25, 0.3) is 0 Å². The molecular weight excluding hydrogens is 482 g/mol. The van der Waals surface area contributed by atoms with Crippen LogP contribution in [-0.4, -0.2) is 45.1 Å². The summed E-state index contributed by atoms with van der Waals surface area (Å²) in [5.74, 6) is -0.469. The van der Waals surface area contributed by atoms with Gasteiger partial charge in [-0.1, -0.05) is 60.9 Å². The number of carbonyl (C=O) groups excluding carboxylic acids is 2. The number of ether oxygens (including phenoxy) is 1. The van der Waals surface area contributed by atoms with Crippen molar-refractivity contribution in [2.75, 3.05) is 12.0 Å². The quantitative estimate of drug-likeness (QED) is 0.362. The molecule has 0 spiro atoms. The number of phenolic OH excluding ortho intramolecular Hbond substituents is 1. The van der Waals surface area contributed by atoms with Gasteiger partial charge in [-0.05, 0) is 54.8 Å². The predicted molar refractivity (Wildman–Crippen MR) is 144 cm³/mol. The SMILES string of the molecule is COc1ccc(C(C(=O)NC2CCCCC2)N(C(=O)Cn2nnc3ccccc32)c2ccccc2)cc1O. The Hall–Kier alpha value is -4.40. The average Bonchev–Trinajstić information content (AvgIpc) is 3.35. The van der Waals surface area contributed by atoms with Gasteiger partial charge in [0.05, 0.1) is 12.6 Å². The molecule has 1 heterocycles. The summed E-state index contributed by atoms with van der Waals surface area (Å²) in [6.07, 6.45) is 5.06. The van der Waals surface area contributed by atoms with Gasteiger partial charge >= 0.3 is 0 Å². The van der Waals surface area contributed by atoms with Gasteiger partial charge in [-0.25, -0.2) is 4.68 Å². The first kappa shape index (κ1) is 25.3. The molecule has 1 atom stereocenters. The number of hydrogen-bond acceptors (Lipinski definition) is 6. The number of phenols is 1. The number of para-hydroxylation sites is 2. The fourth-order valence-corrected chi connectivity index (χ4v) is 5.09. The second-order valence-electron chi connectivity index (χ2n) is 9.51. The molecule has 9 heteroatoms. The zero-order chi connectivity index (χ0) is 26.5. The summed E-state index contributed by atoms with van der Waals surface area (Å²) < 4.78 is 6.75. The van der Waals surface area contributed by atoms with E-state index in [-0.39, 0.29) is 35.9 Å². The van der Waals surface area contributed by atoms with E-state index in [1.807, 2.05) is 42.5 Å². The van der Waals surface area contributed by atoms with E-state index in [9.17, 15) is 14.7 Å². The van der Waals surface area contributed by atoms with Crippen LogP contribution in [0.1, 0.15) is 43.7 Å². The van der Waals surface area contributed by atoms with Crippen LogP contribution in [0.5, 0.6) is 11.5 Å². The molecule has 1 fully saturated rings. The molecule has 0 bridgehead atoms. The summed E-state index contributed by atoms with van der Waals surface area (Å²) >= 11 is 0. The summed E-state index contributed by atoms with van der Waals surface area (Å²) in [7, 11) is 1.46. The zero-order valence-corrected chi connectivity index (χ0v) is 21.3. The Morgan fingerprint density at radius 2 is 1.79 bits per heavy atom. The number of amides is 2.